The van der Waals surface area contributed by atoms with Crippen LogP contribution in [0.15, 0.2) is 24.3 Å². The summed E-state index contributed by atoms with van der Waals surface area (Å²) in [5.74, 6) is -12.0. The van der Waals surface area contributed by atoms with Crippen LogP contribution in [0.1, 0.15) is 20.7 Å². The van der Waals surface area contributed by atoms with Gasteiger partial charge in [-0.2, -0.15) is 0 Å². The summed E-state index contributed by atoms with van der Waals surface area (Å²) >= 11 is 0. The summed E-state index contributed by atoms with van der Waals surface area (Å²) in [4.78, 5) is 77.9. The maximum atomic E-state index is 12.2. The normalized spacial score (nSPS) is 11.1. The monoisotopic (exact) mass is 492 g/mol. The molecule has 1 rings (SSSR count). The molecule has 0 unspecified atom stereocenters. The van der Waals surface area contributed by atoms with E-state index in [0.29, 0.717) is 0 Å². The fourth-order valence-electron chi connectivity index (χ4n) is 2.04. The minimum Gasteiger partial charge on any atom is -0.437 e. The number of carbonyl (C=O) groups excluding carboxylic acids is 2. The van der Waals surface area contributed by atoms with Crippen LogP contribution in [0.3, 0.4) is 0 Å². The van der Waals surface area contributed by atoms with Crippen molar-refractivity contribution in [3.63, 3.8) is 0 Å². The van der Waals surface area contributed by atoms with Gasteiger partial charge in [0.2, 0.25) is 0 Å². The van der Waals surface area contributed by atoms with E-state index < -0.39 is 77.4 Å². The molecule has 1 aromatic rings. The lowest BCUT2D eigenvalue weighted by Crippen LogP contribution is -2.57. The Kier molecular flexibility index (Phi) is 7.66. The second-order valence-corrected chi connectivity index (χ2v) is 5.79. The van der Waals surface area contributed by atoms with E-state index in [0.717, 1.165) is 24.3 Å². The van der Waals surface area contributed by atoms with Gasteiger partial charge in [0.05, 0.1) is 11.1 Å². The molecule has 0 bridgehead atoms. The van der Waals surface area contributed by atoms with E-state index in [-0.39, 0.29) is 0 Å². The summed E-state index contributed by atoms with van der Waals surface area (Å²) < 4.78 is 8.46. The largest absolute Gasteiger partial charge is 0.734 e. The average Bonchev–Trinajstić information content (AvgIpc) is 2.72. The van der Waals surface area contributed by atoms with Crippen LogP contribution in [-0.4, -0.2) is 66.3 Å². The Bertz CT molecular complexity index is 943. The van der Waals surface area contributed by atoms with E-state index in [1.54, 1.807) is 0 Å². The van der Waals surface area contributed by atoms with Gasteiger partial charge in [0.15, 0.2) is 29.5 Å². The van der Waals surface area contributed by atoms with Crippen molar-refractivity contribution in [3.05, 3.63) is 96.1 Å². The third kappa shape index (κ3) is 4.58. The predicted octanol–water partition coefficient (Wildman–Crippen LogP) is -1.03. The van der Waals surface area contributed by atoms with E-state index in [4.69, 9.17) is 0 Å². The molecular formula is C12H8N6O16. The van der Waals surface area contributed by atoms with Gasteiger partial charge in [-0.15, -0.1) is 0 Å². The summed E-state index contributed by atoms with van der Waals surface area (Å²) in [6, 6.07) is 3.55. The lowest BCUT2D eigenvalue weighted by molar-refractivity contribution is -0.970. The maximum Gasteiger partial charge on any atom is 0.734 e. The van der Waals surface area contributed by atoms with Crippen LogP contribution in [0.4, 0.5) is 0 Å². The highest BCUT2D eigenvalue weighted by Crippen LogP contribution is 2.19. The first-order valence-corrected chi connectivity index (χ1v) is 7.96. The zero-order valence-corrected chi connectivity index (χ0v) is 15.9. The van der Waals surface area contributed by atoms with Gasteiger partial charge in [0, 0.05) is 0 Å². The van der Waals surface area contributed by atoms with Crippen molar-refractivity contribution in [1.82, 2.24) is 0 Å². The van der Waals surface area contributed by atoms with Gasteiger partial charge in [0.1, 0.15) is 0 Å². The molecule has 0 saturated carbocycles. The number of benzene rings is 1. The molecule has 0 aromatic heterocycles. The predicted molar refractivity (Wildman–Crippen MR) is 94.4 cm³/mol. The number of nitro groups is 6. The van der Waals surface area contributed by atoms with Gasteiger partial charge in [-0.25, -0.2) is 9.59 Å². The van der Waals surface area contributed by atoms with E-state index in [9.17, 15) is 70.3 Å². The first-order chi connectivity index (χ1) is 15.7. The molecule has 0 atom stereocenters. The topological polar surface area (TPSA) is 311 Å². The van der Waals surface area contributed by atoms with Gasteiger partial charge in [0.25, 0.3) is 0 Å². The van der Waals surface area contributed by atoms with Gasteiger partial charge < -0.3 is 9.47 Å². The molecule has 0 aliphatic heterocycles. The fourth-order valence-corrected chi connectivity index (χ4v) is 2.04. The fraction of sp³-hybridized carbons (Fsp3) is 0.333. The number of rotatable bonds is 12. The van der Waals surface area contributed by atoms with Crippen LogP contribution in [0.2, 0.25) is 0 Å². The third-order valence-electron chi connectivity index (χ3n) is 3.92. The maximum absolute atomic E-state index is 12.2. The molecule has 0 spiro atoms. The molecule has 0 amide bonds. The van der Waals surface area contributed by atoms with Crippen LogP contribution in [0.5, 0.6) is 0 Å². The molecular weight excluding hydrogens is 484 g/mol. The molecule has 1 aromatic carbocycles. The average molecular weight is 492 g/mol. The molecule has 0 heterocycles. The Morgan fingerprint density at radius 3 is 1.03 bits per heavy atom. The van der Waals surface area contributed by atoms with Gasteiger partial charge in [-0.05, 0) is 12.1 Å². The zero-order chi connectivity index (χ0) is 26.4. The third-order valence-corrected chi connectivity index (χ3v) is 3.92. The molecule has 182 valence electrons. The number of hydrogen-bond acceptors (Lipinski definition) is 16. The number of esters is 2. The van der Waals surface area contributed by atoms with Crippen LogP contribution in [0, 0.1) is 60.7 Å². The van der Waals surface area contributed by atoms with Crippen molar-refractivity contribution in [3.8, 4) is 0 Å². The van der Waals surface area contributed by atoms with E-state index in [1.165, 1.54) is 0 Å². The molecule has 0 radical (unpaired) electrons. The summed E-state index contributed by atoms with van der Waals surface area (Å²) in [5.41, 5.74) is -1.82. The van der Waals surface area contributed by atoms with Crippen LogP contribution in [0.25, 0.3) is 0 Å². The number of hydrogen-bond donors (Lipinski definition) is 0. The molecule has 0 aliphatic rings. The summed E-state index contributed by atoms with van der Waals surface area (Å²) in [6.45, 7) is -4.09. The van der Waals surface area contributed by atoms with E-state index in [1.807, 2.05) is 0 Å². The van der Waals surface area contributed by atoms with Crippen LogP contribution >= 0.6 is 0 Å². The van der Waals surface area contributed by atoms with Crippen molar-refractivity contribution < 1.29 is 48.6 Å². The zero-order valence-electron chi connectivity index (χ0n) is 15.9. The minimum absolute atomic E-state index is 0.743. The minimum atomic E-state index is -4.20. The lowest BCUT2D eigenvalue weighted by Gasteiger charge is -2.12. The van der Waals surface area contributed by atoms with Crippen molar-refractivity contribution in [2.75, 3.05) is 13.2 Å². The van der Waals surface area contributed by atoms with Crippen LogP contribution in [-0.2, 0) is 9.47 Å². The lowest BCUT2D eigenvalue weighted by atomic mass is 10.1. The van der Waals surface area contributed by atoms with E-state index in [2.05, 4.69) is 9.47 Å². The highest BCUT2D eigenvalue weighted by molar-refractivity contribution is 6.03. The van der Waals surface area contributed by atoms with Gasteiger partial charge in [-0.1, -0.05) is 12.1 Å². The number of carbonyl (C=O) groups is 2. The van der Waals surface area contributed by atoms with Crippen molar-refractivity contribution in [1.29, 1.82) is 0 Å². The Morgan fingerprint density at radius 1 is 0.588 bits per heavy atom. The Morgan fingerprint density at radius 2 is 0.824 bits per heavy atom. The molecule has 22 nitrogen and oxygen atoms in total. The standard InChI is InChI=1S/C12H8N6O16/c19-9(33-5-11(13(21)22,14(23)24)15(25)26)7-3-1-2-4-8(7)10(20)34-6-12(16(27)28,17(29)30)18(31)32/h1-4H,5-6H2. The second-order valence-electron chi connectivity index (χ2n) is 5.79. The molecule has 0 fully saturated rings. The first-order valence-electron chi connectivity index (χ1n) is 7.96. The van der Waals surface area contributed by atoms with E-state index >= 15 is 0 Å². The van der Waals surface area contributed by atoms with Crippen molar-refractivity contribution in [2.45, 2.75) is 11.6 Å². The van der Waals surface area contributed by atoms with Crippen molar-refractivity contribution >= 4 is 11.9 Å². The molecule has 34 heavy (non-hydrogen) atoms. The smallest absolute Gasteiger partial charge is 0.437 e. The summed E-state index contributed by atoms with van der Waals surface area (Å²) in [7, 11) is 0. The van der Waals surface area contributed by atoms with Crippen LogP contribution < -0.4 is 0 Å². The highest BCUT2D eigenvalue weighted by Gasteiger charge is 2.73. The number of nitrogens with zero attached hydrogens (tertiary/aromatic N) is 6. The molecule has 0 aliphatic carbocycles. The second kappa shape index (κ2) is 9.79. The first kappa shape index (κ1) is 26.6. The summed E-state index contributed by atoms with van der Waals surface area (Å²) in [6.07, 6.45) is 0. The van der Waals surface area contributed by atoms with Gasteiger partial charge in [-0.3, -0.25) is 60.7 Å². The SMILES string of the molecule is O=C(OCC([N+](=O)[O-])([N+](=O)[O-])[N+](=O)[O-])c1ccccc1C(=O)OCC([N+](=O)[O-])([N+](=O)[O-])[N+](=O)[O-]. The molecule has 0 N–H and O–H groups in total. The number of ether oxygens (including phenoxy) is 2. The molecule has 0 saturated heterocycles. The van der Waals surface area contributed by atoms with Crippen molar-refractivity contribution in [2.24, 2.45) is 0 Å². The molecule has 22 heteroatoms. The Labute approximate surface area is 182 Å². The quantitative estimate of drug-likeness (QED) is 0.146. The summed E-state index contributed by atoms with van der Waals surface area (Å²) in [5, 5.41) is 65.2. The Hall–Kier alpha value is -5.44. The highest BCUT2D eigenvalue weighted by atomic mass is 16.8. The Balaban J connectivity index is 3.23. The van der Waals surface area contributed by atoms with Gasteiger partial charge >= 0.3 is 36.7 Å².